The van der Waals surface area contributed by atoms with E-state index in [1.54, 1.807) is 0 Å². The number of allylic oxidation sites excluding steroid dienone is 5. The highest BCUT2D eigenvalue weighted by molar-refractivity contribution is 7.46. The summed E-state index contributed by atoms with van der Waals surface area (Å²) in [5, 5.41) is 20.5. The van der Waals surface area contributed by atoms with E-state index < -0.39 is 51.3 Å². The molecule has 0 aliphatic carbocycles. The predicted octanol–water partition coefficient (Wildman–Crippen LogP) is 10.1. The minimum atomic E-state index is -4.82. The van der Waals surface area contributed by atoms with Crippen LogP contribution in [0.1, 0.15) is 181 Å². The number of hydrogen-bond acceptors (Lipinski definition) is 8. The van der Waals surface area contributed by atoms with Crippen LogP contribution in [-0.4, -0.2) is 63.5 Å². The van der Waals surface area contributed by atoms with Gasteiger partial charge in [-0.05, 0) is 51.4 Å². The Kier molecular flexibility index (Phi) is 34.9. The van der Waals surface area contributed by atoms with Crippen LogP contribution in [0.25, 0.3) is 0 Å². The van der Waals surface area contributed by atoms with Gasteiger partial charge in [0.25, 0.3) is 0 Å². The summed E-state index contributed by atoms with van der Waals surface area (Å²) >= 11 is 0. The maximum absolute atomic E-state index is 12.4. The molecule has 0 fully saturated rings. The Balaban J connectivity index is 4.17. The first-order valence-corrected chi connectivity index (χ1v) is 22.0. The smallest absolute Gasteiger partial charge is 0.462 e. The number of unbranched alkanes of at least 4 members (excludes halogenated alkanes) is 17. The Morgan fingerprint density at radius 1 is 0.577 bits per heavy atom. The predicted molar refractivity (Wildman–Crippen MR) is 210 cm³/mol. The normalized spacial score (nSPS) is 14.0. The Morgan fingerprint density at radius 2 is 1.06 bits per heavy atom. The number of phosphoric acid groups is 1. The highest BCUT2D eigenvalue weighted by Gasteiger charge is 2.23. The van der Waals surface area contributed by atoms with Crippen molar-refractivity contribution >= 4 is 19.8 Å². The molecule has 0 aromatic rings. The molecule has 0 radical (unpaired) electrons. The molecule has 0 bridgehead atoms. The minimum Gasteiger partial charge on any atom is -0.462 e. The molecule has 52 heavy (non-hydrogen) atoms. The topological polar surface area (TPSA) is 160 Å². The lowest BCUT2D eigenvalue weighted by molar-refractivity contribution is -0.161. The van der Waals surface area contributed by atoms with E-state index in [0.29, 0.717) is 12.8 Å². The zero-order valence-corrected chi connectivity index (χ0v) is 33.6. The third kappa shape index (κ3) is 36.5. The van der Waals surface area contributed by atoms with Gasteiger partial charge in [-0.2, -0.15) is 0 Å². The van der Waals surface area contributed by atoms with Gasteiger partial charge in [0.05, 0.1) is 18.8 Å². The second-order valence-corrected chi connectivity index (χ2v) is 15.2. The molecule has 3 atom stereocenters. The van der Waals surface area contributed by atoms with Crippen LogP contribution >= 0.6 is 7.82 Å². The molecule has 4 N–H and O–H groups in total. The standard InChI is InChI=1S/C41H75O10P/c1-3-5-7-9-11-13-15-17-18-19-21-23-25-27-29-33-41(45)51-37(36-50-52(46,47)48)35-49-40(44)34-30-32-39(43)38(42)31-28-26-24-22-20-16-14-12-10-8-6-4-2/h12,14,20,22,26,28,37-39,42-43H,3-11,13,15-19,21,23-25,27,29-36H2,1-2H3,(H2,46,47,48)/b14-12-,22-20-,28-26-/t37-,38?,39?/m1/s1. The largest absolute Gasteiger partial charge is 0.469 e. The van der Waals surface area contributed by atoms with Crippen molar-refractivity contribution < 1.29 is 48.2 Å². The van der Waals surface area contributed by atoms with Gasteiger partial charge in [0, 0.05) is 12.8 Å². The lowest BCUT2D eigenvalue weighted by atomic mass is 10.0. The molecule has 2 unspecified atom stereocenters. The second-order valence-electron chi connectivity index (χ2n) is 13.9. The van der Waals surface area contributed by atoms with Crippen molar-refractivity contribution in [1.29, 1.82) is 0 Å². The molecular weight excluding hydrogens is 683 g/mol. The molecule has 0 spiro atoms. The van der Waals surface area contributed by atoms with E-state index in [0.717, 1.165) is 38.5 Å². The summed E-state index contributed by atoms with van der Waals surface area (Å²) in [6, 6.07) is 0. The monoisotopic (exact) mass is 759 g/mol. The summed E-state index contributed by atoms with van der Waals surface area (Å²) in [7, 11) is -4.82. The van der Waals surface area contributed by atoms with E-state index in [9.17, 15) is 24.4 Å². The third-order valence-corrected chi connectivity index (χ3v) is 9.35. The fourth-order valence-corrected chi connectivity index (χ4v) is 6.01. The van der Waals surface area contributed by atoms with E-state index in [2.05, 4.69) is 42.7 Å². The number of esters is 2. The molecule has 0 aliphatic heterocycles. The van der Waals surface area contributed by atoms with Gasteiger partial charge in [-0.3, -0.25) is 14.1 Å². The molecule has 0 aromatic carbocycles. The van der Waals surface area contributed by atoms with Crippen LogP contribution in [-0.2, 0) is 28.2 Å². The minimum absolute atomic E-state index is 0.0450. The molecule has 0 heterocycles. The average molecular weight is 759 g/mol. The average Bonchev–Trinajstić information content (AvgIpc) is 3.11. The van der Waals surface area contributed by atoms with Crippen LogP contribution < -0.4 is 0 Å². The van der Waals surface area contributed by atoms with E-state index >= 15 is 0 Å². The van der Waals surface area contributed by atoms with Gasteiger partial charge in [0.15, 0.2) is 6.10 Å². The molecule has 0 saturated carbocycles. The van der Waals surface area contributed by atoms with Crippen molar-refractivity contribution in [2.75, 3.05) is 13.2 Å². The van der Waals surface area contributed by atoms with Crippen LogP contribution in [0, 0.1) is 0 Å². The highest BCUT2D eigenvalue weighted by Crippen LogP contribution is 2.36. The lowest BCUT2D eigenvalue weighted by Crippen LogP contribution is -2.29. The molecule has 304 valence electrons. The molecule has 11 heteroatoms. The van der Waals surface area contributed by atoms with Crippen molar-refractivity contribution in [3.63, 3.8) is 0 Å². The molecule has 0 aliphatic rings. The number of hydrogen-bond donors (Lipinski definition) is 4. The first-order chi connectivity index (χ1) is 25.1. The van der Waals surface area contributed by atoms with Gasteiger partial charge >= 0.3 is 19.8 Å². The Labute approximate surface area is 316 Å². The van der Waals surface area contributed by atoms with Crippen LogP contribution in [0.15, 0.2) is 36.5 Å². The van der Waals surface area contributed by atoms with Crippen molar-refractivity contribution in [3.05, 3.63) is 36.5 Å². The van der Waals surface area contributed by atoms with Crippen LogP contribution in [0.2, 0.25) is 0 Å². The number of phosphoric ester groups is 1. The van der Waals surface area contributed by atoms with Crippen molar-refractivity contribution in [2.24, 2.45) is 0 Å². The molecule has 0 saturated heterocycles. The molecular formula is C41H75O10P. The third-order valence-electron chi connectivity index (χ3n) is 8.86. The van der Waals surface area contributed by atoms with E-state index in [1.807, 2.05) is 12.2 Å². The number of aliphatic hydroxyl groups is 2. The molecule has 0 aromatic heterocycles. The number of ether oxygens (including phenoxy) is 2. The van der Waals surface area contributed by atoms with Crippen molar-refractivity contribution in [1.82, 2.24) is 0 Å². The Morgan fingerprint density at radius 3 is 1.62 bits per heavy atom. The summed E-state index contributed by atoms with van der Waals surface area (Å²) in [4.78, 5) is 42.8. The lowest BCUT2D eigenvalue weighted by Gasteiger charge is -2.19. The number of aliphatic hydroxyl groups excluding tert-OH is 2. The summed E-state index contributed by atoms with van der Waals surface area (Å²) in [5.74, 6) is -1.17. The number of carbonyl (C=O) groups excluding carboxylic acids is 2. The maximum Gasteiger partial charge on any atom is 0.469 e. The molecule has 0 rings (SSSR count). The summed E-state index contributed by atoms with van der Waals surface area (Å²) in [5.41, 5.74) is 0. The first kappa shape index (κ1) is 50.2. The van der Waals surface area contributed by atoms with Gasteiger partial charge in [0.2, 0.25) is 0 Å². The van der Waals surface area contributed by atoms with Crippen LogP contribution in [0.3, 0.4) is 0 Å². The van der Waals surface area contributed by atoms with Gasteiger partial charge in [-0.15, -0.1) is 0 Å². The maximum atomic E-state index is 12.4. The highest BCUT2D eigenvalue weighted by atomic mass is 31.2. The zero-order chi connectivity index (χ0) is 38.5. The molecule has 0 amide bonds. The van der Waals surface area contributed by atoms with E-state index in [4.69, 9.17) is 19.3 Å². The van der Waals surface area contributed by atoms with Crippen LogP contribution in [0.5, 0.6) is 0 Å². The zero-order valence-electron chi connectivity index (χ0n) is 32.7. The van der Waals surface area contributed by atoms with Crippen molar-refractivity contribution in [3.8, 4) is 0 Å². The van der Waals surface area contributed by atoms with E-state index in [1.165, 1.54) is 89.9 Å². The Bertz CT molecular complexity index is 977. The SMILES string of the molecule is CCCCC/C=C\C/C=C\C/C=C\CC(O)C(O)CCCC(=O)OC[C@H](COP(=O)(O)O)OC(=O)CCCCCCCCCCCCCCCCC. The fraction of sp³-hybridized carbons (Fsp3) is 0.805. The second kappa shape index (κ2) is 36.2. The molecule has 10 nitrogen and oxygen atoms in total. The first-order valence-electron chi connectivity index (χ1n) is 20.4. The quantitative estimate of drug-likeness (QED) is 0.0208. The van der Waals surface area contributed by atoms with Gasteiger partial charge in [-0.1, -0.05) is 153 Å². The fourth-order valence-electron chi connectivity index (χ4n) is 5.65. The van der Waals surface area contributed by atoms with Gasteiger partial charge in [0.1, 0.15) is 6.61 Å². The number of carbonyl (C=O) groups is 2. The van der Waals surface area contributed by atoms with Crippen molar-refractivity contribution in [2.45, 2.75) is 199 Å². The van der Waals surface area contributed by atoms with Gasteiger partial charge < -0.3 is 29.5 Å². The summed E-state index contributed by atoms with van der Waals surface area (Å²) in [6.45, 7) is 3.41. The van der Waals surface area contributed by atoms with Gasteiger partial charge in [-0.25, -0.2) is 4.57 Å². The summed E-state index contributed by atoms with van der Waals surface area (Å²) < 4.78 is 26.2. The Hall–Kier alpha value is -1.81. The summed E-state index contributed by atoms with van der Waals surface area (Å²) in [6.07, 6.45) is 34.7. The number of rotatable bonds is 37. The van der Waals surface area contributed by atoms with Crippen LogP contribution in [0.4, 0.5) is 0 Å². The van der Waals surface area contributed by atoms with E-state index in [-0.39, 0.29) is 25.7 Å².